The van der Waals surface area contributed by atoms with Crippen LogP contribution in [0.3, 0.4) is 0 Å². The van der Waals surface area contributed by atoms with E-state index in [0.29, 0.717) is 17.6 Å². The van der Waals surface area contributed by atoms with Crippen LogP contribution in [0.1, 0.15) is 35.7 Å². The second kappa shape index (κ2) is 6.44. The molecule has 5 heteroatoms. The Morgan fingerprint density at radius 3 is 3.00 bits per heavy atom. The van der Waals surface area contributed by atoms with Gasteiger partial charge in [-0.25, -0.2) is 0 Å². The molecule has 3 rings (SSSR count). The van der Waals surface area contributed by atoms with E-state index in [1.807, 2.05) is 32.0 Å². The third-order valence-corrected chi connectivity index (χ3v) is 4.40. The van der Waals surface area contributed by atoms with Gasteiger partial charge in [0.05, 0.1) is 5.69 Å². The van der Waals surface area contributed by atoms with E-state index in [-0.39, 0.29) is 12.5 Å². The molecule has 23 heavy (non-hydrogen) atoms. The van der Waals surface area contributed by atoms with Crippen molar-refractivity contribution in [1.82, 2.24) is 5.16 Å². The Kier molecular flexibility index (Phi) is 4.37. The minimum Gasteiger partial charge on any atom is -0.484 e. The van der Waals surface area contributed by atoms with Crippen molar-refractivity contribution in [1.29, 1.82) is 0 Å². The lowest BCUT2D eigenvalue weighted by Crippen LogP contribution is -2.21. The maximum absolute atomic E-state index is 12.1. The molecule has 1 N–H and O–H groups in total. The summed E-state index contributed by atoms with van der Waals surface area (Å²) in [5.74, 6) is 1.52. The van der Waals surface area contributed by atoms with Crippen molar-refractivity contribution in [3.05, 3.63) is 40.6 Å². The van der Waals surface area contributed by atoms with Gasteiger partial charge in [-0.05, 0) is 62.3 Å². The van der Waals surface area contributed by atoms with E-state index in [4.69, 9.17) is 9.26 Å². The van der Waals surface area contributed by atoms with E-state index in [2.05, 4.69) is 17.4 Å². The Balaban J connectivity index is 1.59. The Hall–Kier alpha value is -2.30. The quantitative estimate of drug-likeness (QED) is 0.939. The number of ether oxygens (including phenoxy) is 1. The SMILES string of the molecule is Cc1ccc(OCC(=O)Nc2onc3c2C[C@@H](C)CC3)cc1C. The number of carbonyl (C=O) groups excluding carboxylic acids is 1. The highest BCUT2D eigenvalue weighted by Crippen LogP contribution is 2.30. The van der Waals surface area contributed by atoms with Crippen molar-refractivity contribution in [3.8, 4) is 5.75 Å². The molecule has 5 nitrogen and oxygen atoms in total. The molecule has 0 spiro atoms. The molecular formula is C18H22N2O3. The number of hydrogen-bond donors (Lipinski definition) is 1. The molecule has 1 amide bonds. The summed E-state index contributed by atoms with van der Waals surface area (Å²) in [6.45, 7) is 6.21. The Bertz CT molecular complexity index is 721. The van der Waals surface area contributed by atoms with Gasteiger partial charge in [0, 0.05) is 5.56 Å². The minimum atomic E-state index is -0.236. The summed E-state index contributed by atoms with van der Waals surface area (Å²) >= 11 is 0. The van der Waals surface area contributed by atoms with Crippen LogP contribution in [-0.4, -0.2) is 17.7 Å². The number of carbonyl (C=O) groups is 1. The molecule has 1 aromatic heterocycles. The van der Waals surface area contributed by atoms with E-state index in [1.165, 1.54) is 5.56 Å². The fraction of sp³-hybridized carbons (Fsp3) is 0.444. The van der Waals surface area contributed by atoms with Gasteiger partial charge in [-0.3, -0.25) is 10.1 Å². The molecule has 1 aliphatic rings. The molecule has 1 heterocycles. The number of nitrogens with zero attached hydrogens (tertiary/aromatic N) is 1. The number of hydrogen-bond acceptors (Lipinski definition) is 4. The zero-order chi connectivity index (χ0) is 16.4. The zero-order valence-corrected chi connectivity index (χ0v) is 13.8. The highest BCUT2D eigenvalue weighted by Gasteiger charge is 2.24. The number of aryl methyl sites for hydroxylation is 3. The number of fused-ring (bicyclic) bond motifs is 1. The summed E-state index contributed by atoms with van der Waals surface area (Å²) in [5, 5.41) is 6.83. The molecule has 1 atom stereocenters. The maximum Gasteiger partial charge on any atom is 0.264 e. The first-order valence-electron chi connectivity index (χ1n) is 8.00. The molecule has 0 radical (unpaired) electrons. The van der Waals surface area contributed by atoms with Crippen LogP contribution >= 0.6 is 0 Å². The number of amides is 1. The third kappa shape index (κ3) is 3.55. The maximum atomic E-state index is 12.1. The Labute approximate surface area is 136 Å². The van der Waals surface area contributed by atoms with E-state index < -0.39 is 0 Å². The predicted octanol–water partition coefficient (Wildman–Crippen LogP) is 3.43. The summed E-state index contributed by atoms with van der Waals surface area (Å²) < 4.78 is 10.8. The average molecular weight is 314 g/mol. The number of benzene rings is 1. The number of rotatable bonds is 4. The molecule has 122 valence electrons. The van der Waals surface area contributed by atoms with Gasteiger partial charge in [0.25, 0.3) is 5.91 Å². The predicted molar refractivity (Wildman–Crippen MR) is 87.7 cm³/mol. The summed E-state index contributed by atoms with van der Waals surface area (Å²) in [6.07, 6.45) is 2.92. The van der Waals surface area contributed by atoms with E-state index >= 15 is 0 Å². The van der Waals surface area contributed by atoms with Gasteiger partial charge in [-0.2, -0.15) is 0 Å². The zero-order valence-electron chi connectivity index (χ0n) is 13.8. The summed E-state index contributed by atoms with van der Waals surface area (Å²) in [4.78, 5) is 12.1. The minimum absolute atomic E-state index is 0.0481. The first-order valence-corrected chi connectivity index (χ1v) is 8.00. The topological polar surface area (TPSA) is 64.4 Å². The molecule has 0 aliphatic heterocycles. The van der Waals surface area contributed by atoms with Gasteiger partial charge in [-0.15, -0.1) is 0 Å². The van der Waals surface area contributed by atoms with Crippen molar-refractivity contribution in [2.24, 2.45) is 5.92 Å². The molecule has 1 aromatic carbocycles. The monoisotopic (exact) mass is 314 g/mol. The normalized spacial score (nSPS) is 16.7. The van der Waals surface area contributed by atoms with Crippen LogP contribution in [0.25, 0.3) is 0 Å². The van der Waals surface area contributed by atoms with Gasteiger partial charge < -0.3 is 9.26 Å². The van der Waals surface area contributed by atoms with Gasteiger partial charge in [-0.1, -0.05) is 18.1 Å². The molecule has 1 aliphatic carbocycles. The van der Waals surface area contributed by atoms with E-state index in [9.17, 15) is 4.79 Å². The van der Waals surface area contributed by atoms with E-state index in [1.54, 1.807) is 0 Å². The molecule has 0 saturated heterocycles. The second-order valence-corrected chi connectivity index (χ2v) is 6.37. The van der Waals surface area contributed by atoms with Crippen LogP contribution < -0.4 is 10.1 Å². The van der Waals surface area contributed by atoms with Crippen LogP contribution in [0.2, 0.25) is 0 Å². The first-order chi connectivity index (χ1) is 11.0. The van der Waals surface area contributed by atoms with Crippen molar-refractivity contribution < 1.29 is 14.1 Å². The molecular weight excluding hydrogens is 292 g/mol. The van der Waals surface area contributed by atoms with Crippen molar-refractivity contribution in [3.63, 3.8) is 0 Å². The Morgan fingerprint density at radius 2 is 2.22 bits per heavy atom. The number of anilines is 1. The number of aromatic nitrogens is 1. The largest absolute Gasteiger partial charge is 0.484 e. The second-order valence-electron chi connectivity index (χ2n) is 6.37. The van der Waals surface area contributed by atoms with E-state index in [0.717, 1.165) is 36.1 Å². The summed E-state index contributed by atoms with van der Waals surface area (Å²) in [5.41, 5.74) is 4.34. The highest BCUT2D eigenvalue weighted by atomic mass is 16.5. The van der Waals surface area contributed by atoms with Gasteiger partial charge in [0.15, 0.2) is 6.61 Å². The van der Waals surface area contributed by atoms with Gasteiger partial charge in [0.1, 0.15) is 5.75 Å². The highest BCUT2D eigenvalue weighted by molar-refractivity contribution is 5.91. The average Bonchev–Trinajstić information content (AvgIpc) is 2.91. The fourth-order valence-electron chi connectivity index (χ4n) is 2.80. The van der Waals surface area contributed by atoms with Crippen LogP contribution in [0.15, 0.2) is 22.7 Å². The lowest BCUT2D eigenvalue weighted by atomic mass is 9.89. The van der Waals surface area contributed by atoms with Crippen LogP contribution in [0, 0.1) is 19.8 Å². The van der Waals surface area contributed by atoms with Crippen LogP contribution in [0.4, 0.5) is 5.88 Å². The molecule has 0 unspecified atom stereocenters. The van der Waals surface area contributed by atoms with Crippen molar-refractivity contribution in [2.75, 3.05) is 11.9 Å². The van der Waals surface area contributed by atoms with Crippen LogP contribution in [-0.2, 0) is 17.6 Å². The standard InChI is InChI=1S/C18H22N2O3/c1-11-4-7-16-15(8-11)18(23-20-16)19-17(21)10-22-14-6-5-12(2)13(3)9-14/h5-6,9,11H,4,7-8,10H2,1-3H3,(H,19,21)/t11-/m0/s1. The molecule has 0 fully saturated rings. The van der Waals surface area contributed by atoms with Crippen LogP contribution in [0.5, 0.6) is 5.75 Å². The lowest BCUT2D eigenvalue weighted by molar-refractivity contribution is -0.118. The van der Waals surface area contributed by atoms with Crippen molar-refractivity contribution >= 4 is 11.8 Å². The fourth-order valence-corrected chi connectivity index (χ4v) is 2.80. The van der Waals surface area contributed by atoms with Crippen molar-refractivity contribution in [2.45, 2.75) is 40.0 Å². The summed E-state index contributed by atoms with van der Waals surface area (Å²) in [7, 11) is 0. The van der Waals surface area contributed by atoms with Gasteiger partial charge in [0.2, 0.25) is 5.88 Å². The molecule has 2 aromatic rings. The molecule has 0 saturated carbocycles. The smallest absolute Gasteiger partial charge is 0.264 e. The molecule has 0 bridgehead atoms. The Morgan fingerprint density at radius 1 is 1.39 bits per heavy atom. The summed E-state index contributed by atoms with van der Waals surface area (Å²) in [6, 6.07) is 5.78. The lowest BCUT2D eigenvalue weighted by Gasteiger charge is -2.16. The third-order valence-electron chi connectivity index (χ3n) is 4.40. The first kappa shape index (κ1) is 15.6. The van der Waals surface area contributed by atoms with Gasteiger partial charge >= 0.3 is 0 Å². The number of nitrogens with one attached hydrogen (secondary N) is 1.